The summed E-state index contributed by atoms with van der Waals surface area (Å²) < 4.78 is 5.17. The topological polar surface area (TPSA) is 70.1 Å². The smallest absolute Gasteiger partial charge is 0.410 e. The van der Waals surface area contributed by atoms with Gasteiger partial charge < -0.3 is 14.7 Å². The van der Waals surface area contributed by atoms with Gasteiger partial charge in [-0.3, -0.25) is 4.90 Å². The van der Waals surface area contributed by atoms with E-state index in [-0.39, 0.29) is 13.2 Å². The lowest BCUT2D eigenvalue weighted by molar-refractivity contribution is -0.149. The van der Waals surface area contributed by atoms with Gasteiger partial charge in [-0.1, -0.05) is 30.3 Å². The van der Waals surface area contributed by atoms with Crippen molar-refractivity contribution in [2.24, 2.45) is 0 Å². The van der Waals surface area contributed by atoms with E-state index in [0.29, 0.717) is 0 Å². The van der Waals surface area contributed by atoms with Crippen molar-refractivity contribution < 1.29 is 19.4 Å². The normalized spacial score (nSPS) is 13.6. The minimum atomic E-state index is -1.35. The van der Waals surface area contributed by atoms with Crippen LogP contribution in [0.5, 0.6) is 0 Å². The zero-order valence-electron chi connectivity index (χ0n) is 12.9. The van der Waals surface area contributed by atoms with E-state index < -0.39 is 17.6 Å². The molecule has 0 aromatic heterocycles. The Balaban J connectivity index is 2.72. The van der Waals surface area contributed by atoms with Crippen LogP contribution >= 0.6 is 0 Å². The van der Waals surface area contributed by atoms with Gasteiger partial charge in [-0.15, -0.1) is 0 Å². The molecule has 116 valence electrons. The number of carbonyl (C=O) groups excluding carboxylic acids is 1. The third-order valence-electron chi connectivity index (χ3n) is 3.30. The first-order valence-electron chi connectivity index (χ1n) is 6.60. The molecule has 0 saturated carbocycles. The van der Waals surface area contributed by atoms with Crippen molar-refractivity contribution in [2.45, 2.75) is 19.1 Å². The van der Waals surface area contributed by atoms with E-state index in [9.17, 15) is 14.7 Å². The molecule has 21 heavy (non-hydrogen) atoms. The Hall–Kier alpha value is -2.08. The summed E-state index contributed by atoms with van der Waals surface area (Å²) in [5, 5.41) is 9.41. The maximum Gasteiger partial charge on any atom is 0.410 e. The summed E-state index contributed by atoms with van der Waals surface area (Å²) in [5.41, 5.74) is -0.499. The first-order valence-corrected chi connectivity index (χ1v) is 6.60. The van der Waals surface area contributed by atoms with Crippen LogP contribution in [0.2, 0.25) is 0 Å². The predicted molar refractivity (Wildman–Crippen MR) is 79.0 cm³/mol. The molecule has 0 heterocycles. The van der Waals surface area contributed by atoms with Crippen molar-refractivity contribution in [1.82, 2.24) is 9.80 Å². The van der Waals surface area contributed by atoms with Gasteiger partial charge in [0.15, 0.2) is 5.54 Å². The van der Waals surface area contributed by atoms with Gasteiger partial charge in [0.05, 0.1) is 0 Å². The van der Waals surface area contributed by atoms with Gasteiger partial charge in [0, 0.05) is 13.6 Å². The second-order valence-electron chi connectivity index (χ2n) is 5.42. The molecule has 6 nitrogen and oxygen atoms in total. The van der Waals surface area contributed by atoms with Crippen LogP contribution in [-0.2, 0) is 16.1 Å². The molecular weight excluding hydrogens is 272 g/mol. The van der Waals surface area contributed by atoms with Gasteiger partial charge in [0.2, 0.25) is 0 Å². The number of likely N-dealkylation sites (N-methyl/N-ethyl adjacent to an activating group) is 2. The lowest BCUT2D eigenvalue weighted by atomic mass is 10.0. The van der Waals surface area contributed by atoms with E-state index >= 15 is 0 Å². The van der Waals surface area contributed by atoms with E-state index in [2.05, 4.69) is 0 Å². The van der Waals surface area contributed by atoms with Crippen molar-refractivity contribution in [2.75, 3.05) is 27.7 Å². The number of nitrogens with zero attached hydrogens (tertiary/aromatic N) is 2. The highest BCUT2D eigenvalue weighted by molar-refractivity contribution is 5.84. The van der Waals surface area contributed by atoms with Crippen LogP contribution < -0.4 is 0 Å². The SMILES string of the molecule is CN(C)CC(C)(C(=O)O)N(C)C(=O)OCc1ccccc1. The average molecular weight is 294 g/mol. The summed E-state index contributed by atoms with van der Waals surface area (Å²) in [6, 6.07) is 9.24. The standard InChI is InChI=1S/C15H22N2O4/c1-15(13(18)19,11-16(2)3)17(4)14(20)21-10-12-8-6-5-7-9-12/h5-9H,10-11H2,1-4H3,(H,18,19). The third-order valence-corrected chi connectivity index (χ3v) is 3.30. The molecule has 6 heteroatoms. The largest absolute Gasteiger partial charge is 0.479 e. The zero-order chi connectivity index (χ0) is 16.0. The van der Waals surface area contributed by atoms with Gasteiger partial charge in [-0.25, -0.2) is 9.59 Å². The molecule has 0 aliphatic heterocycles. The Bertz CT molecular complexity index is 490. The van der Waals surface area contributed by atoms with Crippen molar-refractivity contribution >= 4 is 12.1 Å². The Morgan fingerprint density at radius 2 is 1.76 bits per heavy atom. The molecule has 0 bridgehead atoms. The first-order chi connectivity index (χ1) is 9.77. The Morgan fingerprint density at radius 3 is 2.24 bits per heavy atom. The molecule has 0 spiro atoms. The fourth-order valence-electron chi connectivity index (χ4n) is 1.95. The van der Waals surface area contributed by atoms with Crippen LogP contribution in [0.15, 0.2) is 30.3 Å². The molecule has 1 atom stereocenters. The average Bonchev–Trinajstić information content (AvgIpc) is 2.44. The second-order valence-corrected chi connectivity index (χ2v) is 5.42. The van der Waals surface area contributed by atoms with Crippen molar-refractivity contribution in [3.05, 3.63) is 35.9 Å². The van der Waals surface area contributed by atoms with Crippen LogP contribution in [0, 0.1) is 0 Å². The molecule has 1 unspecified atom stereocenters. The molecule has 1 N–H and O–H groups in total. The number of carbonyl (C=O) groups is 2. The number of amides is 1. The molecule has 1 aromatic rings. The van der Waals surface area contributed by atoms with E-state index in [0.717, 1.165) is 10.5 Å². The third kappa shape index (κ3) is 4.46. The Morgan fingerprint density at radius 1 is 1.19 bits per heavy atom. The minimum absolute atomic E-state index is 0.113. The van der Waals surface area contributed by atoms with Gasteiger partial charge in [0.25, 0.3) is 0 Å². The van der Waals surface area contributed by atoms with Gasteiger partial charge >= 0.3 is 12.1 Å². The van der Waals surface area contributed by atoms with Crippen molar-refractivity contribution in [3.8, 4) is 0 Å². The summed E-state index contributed by atoms with van der Waals surface area (Å²) in [6.07, 6.45) is -0.661. The number of carboxylic acids is 1. The number of hydrogen-bond donors (Lipinski definition) is 1. The highest BCUT2D eigenvalue weighted by Gasteiger charge is 2.41. The van der Waals surface area contributed by atoms with Gasteiger partial charge in [-0.05, 0) is 26.6 Å². The molecule has 1 rings (SSSR count). The van der Waals surface area contributed by atoms with E-state index in [1.807, 2.05) is 30.3 Å². The maximum atomic E-state index is 12.1. The fraction of sp³-hybridized carbons (Fsp3) is 0.467. The molecule has 0 radical (unpaired) electrons. The monoisotopic (exact) mass is 294 g/mol. The quantitative estimate of drug-likeness (QED) is 0.864. The summed E-state index contributed by atoms with van der Waals surface area (Å²) >= 11 is 0. The molecule has 0 aliphatic carbocycles. The van der Waals surface area contributed by atoms with E-state index in [4.69, 9.17) is 4.74 Å². The number of ether oxygens (including phenoxy) is 1. The lowest BCUT2D eigenvalue weighted by Crippen LogP contribution is -2.58. The van der Waals surface area contributed by atoms with Gasteiger partial charge in [-0.2, -0.15) is 0 Å². The molecule has 1 amide bonds. The number of rotatable bonds is 6. The number of benzene rings is 1. The first kappa shape index (κ1) is 17.0. The second kappa shape index (κ2) is 7.08. The van der Waals surface area contributed by atoms with E-state index in [1.165, 1.54) is 14.0 Å². The molecular formula is C15H22N2O4. The molecule has 0 fully saturated rings. The molecule has 0 aliphatic rings. The Labute approximate surface area is 124 Å². The summed E-state index contributed by atoms with van der Waals surface area (Å²) in [6.45, 7) is 1.81. The number of carboxylic acid groups (broad SMARTS) is 1. The zero-order valence-corrected chi connectivity index (χ0v) is 12.9. The fourth-order valence-corrected chi connectivity index (χ4v) is 1.95. The number of hydrogen-bond acceptors (Lipinski definition) is 4. The van der Waals surface area contributed by atoms with Crippen LogP contribution in [0.3, 0.4) is 0 Å². The number of aliphatic carboxylic acids is 1. The van der Waals surface area contributed by atoms with Crippen LogP contribution in [-0.4, -0.2) is 60.2 Å². The van der Waals surface area contributed by atoms with Crippen LogP contribution in [0.25, 0.3) is 0 Å². The predicted octanol–water partition coefficient (Wildman–Crippen LogP) is 1.66. The summed E-state index contributed by atoms with van der Waals surface area (Å²) in [7, 11) is 4.94. The van der Waals surface area contributed by atoms with E-state index in [1.54, 1.807) is 19.0 Å². The van der Waals surface area contributed by atoms with Crippen LogP contribution in [0.4, 0.5) is 4.79 Å². The highest BCUT2D eigenvalue weighted by Crippen LogP contribution is 2.17. The van der Waals surface area contributed by atoms with Crippen molar-refractivity contribution in [1.29, 1.82) is 0 Å². The highest BCUT2D eigenvalue weighted by atomic mass is 16.6. The van der Waals surface area contributed by atoms with Crippen LogP contribution in [0.1, 0.15) is 12.5 Å². The maximum absolute atomic E-state index is 12.1. The minimum Gasteiger partial charge on any atom is -0.479 e. The van der Waals surface area contributed by atoms with Crippen molar-refractivity contribution in [3.63, 3.8) is 0 Å². The lowest BCUT2D eigenvalue weighted by Gasteiger charge is -2.36. The molecule has 1 aromatic carbocycles. The summed E-state index contributed by atoms with van der Waals surface area (Å²) in [5.74, 6) is -1.07. The molecule has 0 saturated heterocycles. The van der Waals surface area contributed by atoms with Gasteiger partial charge in [0.1, 0.15) is 6.61 Å². The Kier molecular flexibility index (Phi) is 5.72. The summed E-state index contributed by atoms with van der Waals surface area (Å²) in [4.78, 5) is 26.4.